The minimum absolute atomic E-state index is 0.0496. The molecular weight excluding hydrogens is 288 g/mol. The maximum absolute atomic E-state index is 12.1. The van der Waals surface area contributed by atoms with Gasteiger partial charge in [0.25, 0.3) is 0 Å². The summed E-state index contributed by atoms with van der Waals surface area (Å²) in [6, 6.07) is 0.0762. The van der Waals surface area contributed by atoms with Crippen molar-refractivity contribution in [1.82, 2.24) is 9.80 Å². The average molecular weight is 316 g/mol. The molecule has 0 atom stereocenters. The molecule has 0 spiro atoms. The van der Waals surface area contributed by atoms with E-state index in [1.807, 2.05) is 18.7 Å². The van der Waals surface area contributed by atoms with Crippen LogP contribution >= 0.6 is 0 Å². The zero-order valence-electron chi connectivity index (χ0n) is 14.1. The number of hydrogen-bond acceptors (Lipinski definition) is 5. The normalized spacial score (nSPS) is 17.5. The molecule has 0 aliphatic carbocycles. The van der Waals surface area contributed by atoms with E-state index in [9.17, 15) is 19.8 Å². The first kappa shape index (κ1) is 18.7. The number of rotatable bonds is 6. The van der Waals surface area contributed by atoms with Gasteiger partial charge in [0, 0.05) is 25.7 Å². The Bertz CT molecular complexity index is 411. The highest BCUT2D eigenvalue weighted by atomic mass is 16.6. The summed E-state index contributed by atoms with van der Waals surface area (Å²) >= 11 is 0. The molecule has 1 rings (SSSR count). The number of aliphatic hydroxyl groups excluding tert-OH is 1. The molecule has 0 unspecified atom stereocenters. The summed E-state index contributed by atoms with van der Waals surface area (Å²) in [4.78, 5) is 26.7. The fraction of sp³-hybridized carbons (Fsp3) is 0.867. The predicted molar refractivity (Wildman–Crippen MR) is 81.7 cm³/mol. The Morgan fingerprint density at radius 1 is 1.32 bits per heavy atom. The van der Waals surface area contributed by atoms with Crippen molar-refractivity contribution in [3.8, 4) is 0 Å². The Labute approximate surface area is 131 Å². The first-order chi connectivity index (χ1) is 10.0. The van der Waals surface area contributed by atoms with Crippen molar-refractivity contribution in [2.75, 3.05) is 26.2 Å². The third kappa shape index (κ3) is 4.58. The molecule has 1 saturated heterocycles. The third-order valence-electron chi connectivity index (χ3n) is 3.68. The van der Waals surface area contributed by atoms with Gasteiger partial charge in [-0.1, -0.05) is 0 Å². The zero-order valence-corrected chi connectivity index (χ0v) is 14.1. The van der Waals surface area contributed by atoms with E-state index in [1.54, 1.807) is 20.8 Å². The molecule has 7 nitrogen and oxygen atoms in total. The average Bonchev–Trinajstić information content (AvgIpc) is 2.27. The summed E-state index contributed by atoms with van der Waals surface area (Å²) in [6.45, 7) is 10.2. The van der Waals surface area contributed by atoms with Gasteiger partial charge in [0.1, 0.15) is 5.60 Å². The van der Waals surface area contributed by atoms with E-state index in [0.717, 1.165) is 0 Å². The maximum Gasteiger partial charge on any atom is 0.410 e. The monoisotopic (exact) mass is 316 g/mol. The second kappa shape index (κ2) is 6.83. The quantitative estimate of drug-likeness (QED) is 0.764. The number of β-amino-alcohol motifs (C(OH)–C–C–N with tert-alkyl or cyclic N) is 1. The Kier molecular flexibility index (Phi) is 5.81. The third-order valence-corrected chi connectivity index (χ3v) is 3.68. The molecule has 0 aromatic heterocycles. The number of ether oxygens (including phenoxy) is 1. The van der Waals surface area contributed by atoms with Crippen molar-refractivity contribution in [2.24, 2.45) is 0 Å². The Morgan fingerprint density at radius 2 is 1.86 bits per heavy atom. The topological polar surface area (TPSA) is 90.3 Å². The van der Waals surface area contributed by atoms with Crippen LogP contribution in [0.1, 0.15) is 41.0 Å². The van der Waals surface area contributed by atoms with Crippen molar-refractivity contribution < 1.29 is 24.5 Å². The molecule has 1 amide bonds. The highest BCUT2D eigenvalue weighted by Crippen LogP contribution is 2.34. The number of carbonyl (C=O) groups excluding carboxylic acids is 1. The van der Waals surface area contributed by atoms with Crippen LogP contribution in [-0.4, -0.2) is 75.5 Å². The molecule has 128 valence electrons. The van der Waals surface area contributed by atoms with Crippen LogP contribution in [0.3, 0.4) is 0 Å². The molecule has 1 aliphatic rings. The van der Waals surface area contributed by atoms with Crippen LogP contribution < -0.4 is 0 Å². The van der Waals surface area contributed by atoms with Crippen LogP contribution in [0, 0.1) is 0 Å². The molecule has 0 bridgehead atoms. The smallest absolute Gasteiger partial charge is 0.410 e. The van der Waals surface area contributed by atoms with E-state index in [0.29, 0.717) is 19.6 Å². The highest BCUT2D eigenvalue weighted by Gasteiger charge is 2.52. The lowest BCUT2D eigenvalue weighted by molar-refractivity contribution is -0.147. The Morgan fingerprint density at radius 3 is 2.23 bits per heavy atom. The van der Waals surface area contributed by atoms with Gasteiger partial charge < -0.3 is 19.8 Å². The first-order valence-electron chi connectivity index (χ1n) is 7.58. The van der Waals surface area contributed by atoms with Gasteiger partial charge in [0.2, 0.25) is 0 Å². The second-order valence-corrected chi connectivity index (χ2v) is 7.14. The van der Waals surface area contributed by atoms with Crippen molar-refractivity contribution in [1.29, 1.82) is 0 Å². The standard InChI is InChI=1S/C15H28N2O5/c1-11(2)17(6-7-18)15(8-12(19)20)9-16(10-15)13(21)22-14(3,4)5/h11,18H,6-10H2,1-5H3,(H,19,20). The van der Waals surface area contributed by atoms with E-state index in [1.165, 1.54) is 4.90 Å². The number of carboxylic acid groups (broad SMARTS) is 1. The lowest BCUT2D eigenvalue weighted by atomic mass is 9.83. The molecule has 1 heterocycles. The highest BCUT2D eigenvalue weighted by molar-refractivity contribution is 5.73. The van der Waals surface area contributed by atoms with Crippen LogP contribution in [-0.2, 0) is 9.53 Å². The summed E-state index contributed by atoms with van der Waals surface area (Å²) in [7, 11) is 0. The Balaban J connectivity index is 2.82. The van der Waals surface area contributed by atoms with Crippen LogP contribution in [0.4, 0.5) is 4.79 Å². The van der Waals surface area contributed by atoms with Gasteiger partial charge in [-0.2, -0.15) is 0 Å². The second-order valence-electron chi connectivity index (χ2n) is 7.14. The lowest BCUT2D eigenvalue weighted by Gasteiger charge is -2.56. The number of likely N-dealkylation sites (tertiary alicyclic amines) is 1. The minimum atomic E-state index is -0.910. The van der Waals surface area contributed by atoms with Gasteiger partial charge in [-0.05, 0) is 34.6 Å². The SMILES string of the molecule is CC(C)N(CCO)C1(CC(=O)O)CN(C(=O)OC(C)(C)C)C1. The largest absolute Gasteiger partial charge is 0.481 e. The summed E-state index contributed by atoms with van der Waals surface area (Å²) in [6.07, 6.45) is -0.494. The molecule has 7 heteroatoms. The molecule has 1 fully saturated rings. The molecular formula is C15H28N2O5. The van der Waals surface area contributed by atoms with Gasteiger partial charge in [-0.15, -0.1) is 0 Å². The minimum Gasteiger partial charge on any atom is -0.481 e. The summed E-state index contributed by atoms with van der Waals surface area (Å²) in [5, 5.41) is 18.4. The predicted octanol–water partition coefficient (Wildman–Crippen LogP) is 1.15. The molecule has 22 heavy (non-hydrogen) atoms. The number of carboxylic acids is 1. The van der Waals surface area contributed by atoms with Crippen LogP contribution in [0.5, 0.6) is 0 Å². The number of nitrogens with zero attached hydrogens (tertiary/aromatic N) is 2. The lowest BCUT2D eigenvalue weighted by Crippen LogP contribution is -2.73. The van der Waals surface area contributed by atoms with Crippen molar-refractivity contribution in [3.63, 3.8) is 0 Å². The van der Waals surface area contributed by atoms with Gasteiger partial charge >= 0.3 is 12.1 Å². The fourth-order valence-corrected chi connectivity index (χ4v) is 2.95. The molecule has 1 aliphatic heterocycles. The van der Waals surface area contributed by atoms with Crippen LogP contribution in [0.25, 0.3) is 0 Å². The zero-order chi connectivity index (χ0) is 17.1. The number of aliphatic carboxylic acids is 1. The van der Waals surface area contributed by atoms with Gasteiger partial charge in [0.05, 0.1) is 18.6 Å². The molecule has 0 aromatic rings. The fourth-order valence-electron chi connectivity index (χ4n) is 2.95. The van der Waals surface area contributed by atoms with E-state index in [-0.39, 0.29) is 19.1 Å². The number of hydrogen-bond donors (Lipinski definition) is 2. The van der Waals surface area contributed by atoms with E-state index in [2.05, 4.69) is 0 Å². The molecule has 0 aromatic carbocycles. The van der Waals surface area contributed by atoms with E-state index < -0.39 is 23.2 Å². The van der Waals surface area contributed by atoms with Crippen LogP contribution in [0.15, 0.2) is 0 Å². The van der Waals surface area contributed by atoms with Gasteiger partial charge in [-0.25, -0.2) is 4.79 Å². The van der Waals surface area contributed by atoms with Gasteiger partial charge in [-0.3, -0.25) is 9.69 Å². The molecule has 0 saturated carbocycles. The summed E-state index contributed by atoms with van der Waals surface area (Å²) in [5.41, 5.74) is -1.22. The summed E-state index contributed by atoms with van der Waals surface area (Å²) in [5.74, 6) is -0.910. The van der Waals surface area contributed by atoms with Crippen molar-refractivity contribution >= 4 is 12.1 Å². The van der Waals surface area contributed by atoms with E-state index in [4.69, 9.17) is 4.74 Å². The summed E-state index contributed by atoms with van der Waals surface area (Å²) < 4.78 is 5.31. The van der Waals surface area contributed by atoms with E-state index >= 15 is 0 Å². The van der Waals surface area contributed by atoms with Crippen LogP contribution in [0.2, 0.25) is 0 Å². The molecule has 0 radical (unpaired) electrons. The first-order valence-corrected chi connectivity index (χ1v) is 7.58. The van der Waals surface area contributed by atoms with Crippen molar-refractivity contribution in [2.45, 2.75) is 58.2 Å². The number of aliphatic hydroxyl groups is 1. The molecule has 2 N–H and O–H groups in total. The number of amides is 1. The van der Waals surface area contributed by atoms with Gasteiger partial charge in [0.15, 0.2) is 0 Å². The van der Waals surface area contributed by atoms with Crippen molar-refractivity contribution in [3.05, 3.63) is 0 Å². The number of carbonyl (C=O) groups is 2. The Hall–Kier alpha value is -1.34. The maximum atomic E-state index is 12.1.